The van der Waals surface area contributed by atoms with Crippen LogP contribution in [0.25, 0.3) is 5.69 Å². The number of sulfonamides is 1. The van der Waals surface area contributed by atoms with Gasteiger partial charge in [-0.1, -0.05) is 36.8 Å². The monoisotopic (exact) mass is 466 g/mol. The highest BCUT2D eigenvalue weighted by molar-refractivity contribution is 7.89. The molecule has 0 bridgehead atoms. The summed E-state index contributed by atoms with van der Waals surface area (Å²) in [6, 6.07) is 16.5. The molecule has 0 aliphatic carbocycles. The summed E-state index contributed by atoms with van der Waals surface area (Å²) in [7, 11) is -3.46. The van der Waals surface area contributed by atoms with E-state index in [2.05, 4.69) is 10.4 Å². The van der Waals surface area contributed by atoms with E-state index in [-0.39, 0.29) is 17.2 Å². The second-order valence-corrected chi connectivity index (χ2v) is 10.4. The quantitative estimate of drug-likeness (QED) is 0.577. The van der Waals surface area contributed by atoms with Gasteiger partial charge in [-0.2, -0.15) is 9.40 Å². The largest absolute Gasteiger partial charge is 0.352 e. The summed E-state index contributed by atoms with van der Waals surface area (Å²) in [5.74, 6) is -0.118. The molecule has 1 aromatic heterocycles. The standard InChI is InChI=1S/C25H30N4O3S/c1-19-24(20(2)29(27-19)22-9-5-3-6-10-22)18-26-25(30)17-21-11-13-23(14-12-21)33(31,32)28-15-7-4-8-16-28/h3,5-6,9-14H,4,7-8,15-18H2,1-2H3,(H,26,30). The Hall–Kier alpha value is -2.97. The van der Waals surface area contributed by atoms with Crippen LogP contribution in [0, 0.1) is 13.8 Å². The molecule has 174 valence electrons. The van der Waals surface area contributed by atoms with E-state index in [9.17, 15) is 13.2 Å². The van der Waals surface area contributed by atoms with E-state index in [1.807, 2.05) is 48.9 Å². The number of piperidine rings is 1. The van der Waals surface area contributed by atoms with E-state index in [1.54, 1.807) is 28.6 Å². The van der Waals surface area contributed by atoms with Crippen molar-refractivity contribution in [1.29, 1.82) is 0 Å². The van der Waals surface area contributed by atoms with Crippen molar-refractivity contribution in [1.82, 2.24) is 19.4 Å². The second-order valence-electron chi connectivity index (χ2n) is 8.46. The zero-order chi connectivity index (χ0) is 23.4. The molecule has 3 aromatic rings. The zero-order valence-corrected chi connectivity index (χ0v) is 19.9. The van der Waals surface area contributed by atoms with Crippen LogP contribution in [-0.2, 0) is 27.8 Å². The number of carbonyl (C=O) groups excluding carboxylic acids is 1. The van der Waals surface area contributed by atoms with Crippen LogP contribution in [0.4, 0.5) is 0 Å². The molecular formula is C25H30N4O3S. The van der Waals surface area contributed by atoms with Crippen LogP contribution in [0.3, 0.4) is 0 Å². The van der Waals surface area contributed by atoms with Gasteiger partial charge in [-0.05, 0) is 56.5 Å². The molecule has 0 spiro atoms. The Morgan fingerprint density at radius 1 is 0.970 bits per heavy atom. The number of benzene rings is 2. The summed E-state index contributed by atoms with van der Waals surface area (Å²) in [5, 5.41) is 7.59. The Labute approximate surface area is 195 Å². The Morgan fingerprint density at radius 2 is 1.64 bits per heavy atom. The smallest absolute Gasteiger partial charge is 0.243 e. The van der Waals surface area contributed by atoms with Crippen molar-refractivity contribution >= 4 is 15.9 Å². The fraction of sp³-hybridized carbons (Fsp3) is 0.360. The molecule has 0 saturated carbocycles. The molecule has 8 heteroatoms. The average molecular weight is 467 g/mol. The minimum atomic E-state index is -3.46. The van der Waals surface area contributed by atoms with E-state index >= 15 is 0 Å². The number of amides is 1. The van der Waals surface area contributed by atoms with Crippen LogP contribution in [0.1, 0.15) is 41.8 Å². The third-order valence-electron chi connectivity index (χ3n) is 6.15. The molecule has 0 radical (unpaired) electrons. The first-order valence-electron chi connectivity index (χ1n) is 11.3. The number of aryl methyl sites for hydroxylation is 1. The molecule has 33 heavy (non-hydrogen) atoms. The molecule has 0 unspecified atom stereocenters. The number of rotatable bonds is 7. The molecule has 1 saturated heterocycles. The molecule has 1 aliphatic heterocycles. The van der Waals surface area contributed by atoms with Gasteiger partial charge in [-0.15, -0.1) is 0 Å². The van der Waals surface area contributed by atoms with Gasteiger partial charge in [0.1, 0.15) is 0 Å². The average Bonchev–Trinajstić information content (AvgIpc) is 3.12. The number of aromatic nitrogens is 2. The number of hydrogen-bond donors (Lipinski definition) is 1. The normalized spacial score (nSPS) is 14.8. The summed E-state index contributed by atoms with van der Waals surface area (Å²) >= 11 is 0. The van der Waals surface area contributed by atoms with Crippen molar-refractivity contribution in [3.8, 4) is 5.69 Å². The van der Waals surface area contributed by atoms with E-state index in [1.165, 1.54) is 0 Å². The number of carbonyl (C=O) groups is 1. The molecule has 1 amide bonds. The van der Waals surface area contributed by atoms with Gasteiger partial charge in [-0.3, -0.25) is 4.79 Å². The SMILES string of the molecule is Cc1nn(-c2ccccc2)c(C)c1CNC(=O)Cc1ccc(S(=O)(=O)N2CCCCC2)cc1. The maximum absolute atomic E-state index is 12.8. The summed E-state index contributed by atoms with van der Waals surface area (Å²) in [5.41, 5.74) is 4.62. The number of para-hydroxylation sites is 1. The lowest BCUT2D eigenvalue weighted by molar-refractivity contribution is -0.120. The van der Waals surface area contributed by atoms with Crippen LogP contribution in [0.5, 0.6) is 0 Å². The van der Waals surface area contributed by atoms with Gasteiger partial charge in [0.05, 0.1) is 22.7 Å². The summed E-state index contributed by atoms with van der Waals surface area (Å²) in [6.45, 7) is 5.48. The minimum Gasteiger partial charge on any atom is -0.352 e. The van der Waals surface area contributed by atoms with E-state index in [4.69, 9.17) is 0 Å². The van der Waals surface area contributed by atoms with Crippen LogP contribution >= 0.6 is 0 Å². The van der Waals surface area contributed by atoms with Crippen LogP contribution < -0.4 is 5.32 Å². The Bertz CT molecular complexity index is 1210. The van der Waals surface area contributed by atoms with Gasteiger partial charge >= 0.3 is 0 Å². The minimum absolute atomic E-state index is 0.118. The van der Waals surface area contributed by atoms with Crippen LogP contribution in [-0.4, -0.2) is 41.5 Å². The lowest BCUT2D eigenvalue weighted by atomic mass is 10.1. The lowest BCUT2D eigenvalue weighted by Gasteiger charge is -2.25. The molecule has 7 nitrogen and oxygen atoms in total. The maximum atomic E-state index is 12.8. The lowest BCUT2D eigenvalue weighted by Crippen LogP contribution is -2.35. The van der Waals surface area contributed by atoms with Crippen molar-refractivity contribution < 1.29 is 13.2 Å². The van der Waals surface area contributed by atoms with E-state index in [0.29, 0.717) is 19.6 Å². The molecule has 2 aromatic carbocycles. The molecule has 1 N–H and O–H groups in total. The molecule has 0 atom stereocenters. The first-order valence-corrected chi connectivity index (χ1v) is 12.8. The summed E-state index contributed by atoms with van der Waals surface area (Å²) in [4.78, 5) is 12.8. The van der Waals surface area contributed by atoms with Crippen molar-refractivity contribution in [3.05, 3.63) is 77.1 Å². The maximum Gasteiger partial charge on any atom is 0.243 e. The second kappa shape index (κ2) is 9.89. The predicted molar refractivity (Wildman–Crippen MR) is 128 cm³/mol. The van der Waals surface area contributed by atoms with E-state index in [0.717, 1.165) is 47.5 Å². The van der Waals surface area contributed by atoms with Crippen molar-refractivity contribution in [2.75, 3.05) is 13.1 Å². The van der Waals surface area contributed by atoms with Gasteiger partial charge in [0, 0.05) is 30.9 Å². The van der Waals surface area contributed by atoms with Gasteiger partial charge in [0.15, 0.2) is 0 Å². The first-order chi connectivity index (χ1) is 15.9. The topological polar surface area (TPSA) is 84.3 Å². The van der Waals surface area contributed by atoms with Crippen LogP contribution in [0.15, 0.2) is 59.5 Å². The van der Waals surface area contributed by atoms with Gasteiger partial charge in [0.2, 0.25) is 15.9 Å². The third-order valence-corrected chi connectivity index (χ3v) is 8.06. The van der Waals surface area contributed by atoms with Gasteiger partial charge in [0.25, 0.3) is 0 Å². The van der Waals surface area contributed by atoms with Crippen molar-refractivity contribution in [2.24, 2.45) is 0 Å². The highest BCUT2D eigenvalue weighted by Crippen LogP contribution is 2.21. The zero-order valence-electron chi connectivity index (χ0n) is 19.1. The molecule has 2 heterocycles. The Kier molecular flexibility index (Phi) is 6.95. The van der Waals surface area contributed by atoms with Gasteiger partial charge in [-0.25, -0.2) is 13.1 Å². The van der Waals surface area contributed by atoms with E-state index < -0.39 is 10.0 Å². The fourth-order valence-corrected chi connectivity index (χ4v) is 5.74. The Morgan fingerprint density at radius 3 is 2.30 bits per heavy atom. The third kappa shape index (κ3) is 5.17. The Balaban J connectivity index is 1.37. The number of nitrogens with zero attached hydrogens (tertiary/aromatic N) is 3. The fourth-order valence-electron chi connectivity index (χ4n) is 4.22. The predicted octanol–water partition coefficient (Wildman–Crippen LogP) is 3.52. The molecule has 1 fully saturated rings. The molecule has 4 rings (SSSR count). The highest BCUT2D eigenvalue weighted by Gasteiger charge is 2.25. The first kappa shape index (κ1) is 23.2. The summed E-state index contributed by atoms with van der Waals surface area (Å²) in [6.07, 6.45) is 3.07. The van der Waals surface area contributed by atoms with Gasteiger partial charge < -0.3 is 5.32 Å². The number of nitrogens with one attached hydrogen (secondary N) is 1. The molecule has 1 aliphatic rings. The molecular weight excluding hydrogens is 436 g/mol. The van der Waals surface area contributed by atoms with Crippen LogP contribution in [0.2, 0.25) is 0 Å². The van der Waals surface area contributed by atoms with Crippen molar-refractivity contribution in [2.45, 2.75) is 51.0 Å². The highest BCUT2D eigenvalue weighted by atomic mass is 32.2. The number of hydrogen-bond acceptors (Lipinski definition) is 4. The van der Waals surface area contributed by atoms with Crippen molar-refractivity contribution in [3.63, 3.8) is 0 Å². The summed E-state index contributed by atoms with van der Waals surface area (Å²) < 4.78 is 29.0.